The largest absolute Gasteiger partial charge is 0.350 e. The fourth-order valence-electron chi connectivity index (χ4n) is 2.65. The van der Waals surface area contributed by atoms with E-state index in [0.29, 0.717) is 0 Å². The molecular weight excluding hydrogens is 360 g/mol. The maximum atomic E-state index is 12.4. The number of amides is 3. The summed E-state index contributed by atoms with van der Waals surface area (Å²) in [5.41, 5.74) is 0.0901. The van der Waals surface area contributed by atoms with Crippen molar-refractivity contribution >= 4 is 34.7 Å². The highest BCUT2D eigenvalue weighted by Crippen LogP contribution is 2.30. The van der Waals surface area contributed by atoms with E-state index in [1.165, 1.54) is 29.5 Å². The lowest BCUT2D eigenvalue weighted by Crippen LogP contribution is -2.34. The van der Waals surface area contributed by atoms with Crippen LogP contribution in [-0.2, 0) is 11.3 Å². The highest BCUT2D eigenvalue weighted by atomic mass is 32.1. The Labute approximate surface area is 151 Å². The van der Waals surface area contributed by atoms with Crippen LogP contribution in [0.2, 0.25) is 0 Å². The van der Waals surface area contributed by atoms with E-state index in [0.717, 1.165) is 15.6 Å². The van der Waals surface area contributed by atoms with Crippen LogP contribution in [0.3, 0.4) is 0 Å². The molecule has 0 bridgehead atoms. The van der Waals surface area contributed by atoms with E-state index in [1.54, 1.807) is 0 Å². The minimum atomic E-state index is -0.750. The van der Waals surface area contributed by atoms with Crippen molar-refractivity contribution in [2.24, 2.45) is 0 Å². The topological polar surface area (TPSA) is 123 Å². The number of rotatable bonds is 6. The number of nitro benzene ring substituents is 1. The number of nitrogens with one attached hydrogen (secondary N) is 1. The van der Waals surface area contributed by atoms with Crippen molar-refractivity contribution in [1.82, 2.24) is 15.2 Å². The molecule has 3 rings (SSSR count). The summed E-state index contributed by atoms with van der Waals surface area (Å²) >= 11 is 1.47. The standard InChI is InChI=1S/C16H14N4O5S/c1-9-18-10(8-26-9)7-17-13(21)5-6-19-15(22)11-3-2-4-12(20(24)25)14(11)16(19)23/h2-4,8H,5-7H2,1H3,(H,17,21). The summed E-state index contributed by atoms with van der Waals surface area (Å²) in [6, 6.07) is 3.90. The van der Waals surface area contributed by atoms with Gasteiger partial charge in [-0.25, -0.2) is 4.98 Å². The number of aryl methyl sites for hydroxylation is 1. The molecule has 1 aromatic heterocycles. The minimum absolute atomic E-state index is 0.0115. The van der Waals surface area contributed by atoms with Crippen molar-refractivity contribution in [3.05, 3.63) is 55.5 Å². The number of nitrogens with zero attached hydrogens (tertiary/aromatic N) is 3. The Kier molecular flexibility index (Phi) is 4.76. The molecule has 1 N–H and O–H groups in total. The Morgan fingerprint density at radius 1 is 1.35 bits per heavy atom. The molecule has 1 aliphatic rings. The van der Waals surface area contributed by atoms with Crippen LogP contribution in [0.1, 0.15) is 37.8 Å². The van der Waals surface area contributed by atoms with E-state index in [2.05, 4.69) is 10.3 Å². The van der Waals surface area contributed by atoms with E-state index in [4.69, 9.17) is 0 Å². The van der Waals surface area contributed by atoms with Gasteiger partial charge in [0.05, 0.1) is 27.7 Å². The van der Waals surface area contributed by atoms with Gasteiger partial charge in [0.2, 0.25) is 5.91 Å². The molecule has 1 aromatic carbocycles. The number of thiazole rings is 1. The molecule has 0 unspecified atom stereocenters. The molecule has 26 heavy (non-hydrogen) atoms. The van der Waals surface area contributed by atoms with E-state index < -0.39 is 22.4 Å². The number of carbonyl (C=O) groups is 3. The van der Waals surface area contributed by atoms with Gasteiger partial charge in [-0.05, 0) is 13.0 Å². The second-order valence-corrected chi connectivity index (χ2v) is 6.67. The number of aromatic nitrogens is 1. The molecule has 134 valence electrons. The summed E-state index contributed by atoms with van der Waals surface area (Å²) in [6.07, 6.45) is -0.0949. The lowest BCUT2D eigenvalue weighted by Gasteiger charge is -2.13. The smallest absolute Gasteiger partial charge is 0.282 e. The zero-order valence-electron chi connectivity index (χ0n) is 13.7. The molecule has 3 amide bonds. The van der Waals surface area contributed by atoms with Crippen molar-refractivity contribution in [3.63, 3.8) is 0 Å². The SMILES string of the molecule is Cc1nc(CNC(=O)CCN2C(=O)c3cccc([N+](=O)[O-])c3C2=O)cs1. The Morgan fingerprint density at radius 3 is 2.77 bits per heavy atom. The molecule has 0 saturated heterocycles. The molecular formula is C16H14N4O5S. The second kappa shape index (κ2) is 7.00. The minimum Gasteiger partial charge on any atom is -0.350 e. The first-order valence-corrected chi connectivity index (χ1v) is 8.57. The highest BCUT2D eigenvalue weighted by Gasteiger charge is 2.40. The average molecular weight is 374 g/mol. The van der Waals surface area contributed by atoms with Gasteiger partial charge in [0.1, 0.15) is 5.56 Å². The Morgan fingerprint density at radius 2 is 2.12 bits per heavy atom. The third kappa shape index (κ3) is 3.31. The predicted octanol–water partition coefficient (Wildman–Crippen LogP) is 1.66. The van der Waals surface area contributed by atoms with Crippen molar-refractivity contribution < 1.29 is 19.3 Å². The summed E-state index contributed by atoms with van der Waals surface area (Å²) in [6.45, 7) is 1.97. The summed E-state index contributed by atoms with van der Waals surface area (Å²) < 4.78 is 0. The Bertz CT molecular complexity index is 923. The molecule has 0 saturated carbocycles. The molecule has 0 radical (unpaired) electrons. The van der Waals surface area contributed by atoms with Gasteiger partial charge in [0.25, 0.3) is 17.5 Å². The summed E-state index contributed by atoms with van der Waals surface area (Å²) in [4.78, 5) is 52.1. The molecule has 2 heterocycles. The van der Waals surface area contributed by atoms with Crippen LogP contribution in [-0.4, -0.2) is 39.1 Å². The van der Waals surface area contributed by atoms with Crippen LogP contribution >= 0.6 is 11.3 Å². The fourth-order valence-corrected chi connectivity index (χ4v) is 3.26. The molecule has 0 spiro atoms. The van der Waals surface area contributed by atoms with E-state index in [-0.39, 0.29) is 36.5 Å². The molecule has 10 heteroatoms. The van der Waals surface area contributed by atoms with Crippen LogP contribution in [0, 0.1) is 17.0 Å². The summed E-state index contributed by atoms with van der Waals surface area (Å²) in [7, 11) is 0. The van der Waals surface area contributed by atoms with E-state index in [9.17, 15) is 24.5 Å². The third-order valence-electron chi connectivity index (χ3n) is 3.87. The monoisotopic (exact) mass is 374 g/mol. The third-order valence-corrected chi connectivity index (χ3v) is 4.69. The van der Waals surface area contributed by atoms with Crippen LogP contribution in [0.5, 0.6) is 0 Å². The van der Waals surface area contributed by atoms with Crippen molar-refractivity contribution in [1.29, 1.82) is 0 Å². The first kappa shape index (κ1) is 17.7. The normalized spacial score (nSPS) is 13.0. The maximum Gasteiger partial charge on any atom is 0.282 e. The molecule has 0 atom stereocenters. The fraction of sp³-hybridized carbons (Fsp3) is 0.250. The lowest BCUT2D eigenvalue weighted by molar-refractivity contribution is -0.385. The second-order valence-electron chi connectivity index (χ2n) is 5.60. The highest BCUT2D eigenvalue weighted by molar-refractivity contribution is 7.09. The van der Waals surface area contributed by atoms with Crippen LogP contribution < -0.4 is 5.32 Å². The molecule has 2 aromatic rings. The number of nitro groups is 1. The molecule has 0 aliphatic carbocycles. The van der Waals surface area contributed by atoms with Crippen LogP contribution in [0.4, 0.5) is 5.69 Å². The summed E-state index contributed by atoms with van der Waals surface area (Å²) in [5.74, 6) is -1.72. The number of fused-ring (bicyclic) bond motifs is 1. The van der Waals surface area contributed by atoms with Gasteiger partial charge in [0.15, 0.2) is 0 Å². The zero-order valence-corrected chi connectivity index (χ0v) is 14.5. The molecule has 1 aliphatic heterocycles. The van der Waals surface area contributed by atoms with Crippen molar-refractivity contribution in [2.75, 3.05) is 6.54 Å². The first-order valence-electron chi connectivity index (χ1n) is 7.69. The Hall–Kier alpha value is -3.14. The predicted molar refractivity (Wildman–Crippen MR) is 91.8 cm³/mol. The van der Waals surface area contributed by atoms with Gasteiger partial charge in [-0.2, -0.15) is 0 Å². The number of hydrogen-bond acceptors (Lipinski definition) is 7. The van der Waals surface area contributed by atoms with Gasteiger partial charge in [0, 0.05) is 24.4 Å². The van der Waals surface area contributed by atoms with Gasteiger partial charge in [-0.15, -0.1) is 11.3 Å². The van der Waals surface area contributed by atoms with Gasteiger partial charge >= 0.3 is 0 Å². The van der Waals surface area contributed by atoms with Crippen molar-refractivity contribution in [3.8, 4) is 0 Å². The van der Waals surface area contributed by atoms with E-state index >= 15 is 0 Å². The number of benzene rings is 1. The van der Waals surface area contributed by atoms with Crippen LogP contribution in [0.25, 0.3) is 0 Å². The van der Waals surface area contributed by atoms with Gasteiger partial charge < -0.3 is 5.32 Å². The first-order chi connectivity index (χ1) is 12.4. The zero-order chi connectivity index (χ0) is 18.8. The maximum absolute atomic E-state index is 12.4. The van der Waals surface area contributed by atoms with E-state index in [1.807, 2.05) is 12.3 Å². The van der Waals surface area contributed by atoms with Gasteiger partial charge in [-0.1, -0.05) is 6.07 Å². The number of imide groups is 1. The molecule has 0 fully saturated rings. The van der Waals surface area contributed by atoms with Crippen molar-refractivity contribution in [2.45, 2.75) is 19.9 Å². The lowest BCUT2D eigenvalue weighted by atomic mass is 10.1. The average Bonchev–Trinajstić information content (AvgIpc) is 3.13. The summed E-state index contributed by atoms with van der Waals surface area (Å²) in [5, 5.41) is 16.4. The quantitative estimate of drug-likeness (QED) is 0.466. The number of carbonyl (C=O) groups excluding carboxylic acids is 3. The van der Waals surface area contributed by atoms with Crippen LogP contribution in [0.15, 0.2) is 23.6 Å². The number of hydrogen-bond donors (Lipinski definition) is 1. The Balaban J connectivity index is 1.63. The van der Waals surface area contributed by atoms with Gasteiger partial charge in [-0.3, -0.25) is 29.4 Å². The molecule has 9 nitrogen and oxygen atoms in total.